The van der Waals surface area contributed by atoms with E-state index >= 15 is 0 Å². The zero-order valence-corrected chi connectivity index (χ0v) is 17.1. The van der Waals surface area contributed by atoms with Crippen molar-refractivity contribution in [2.45, 2.75) is 13.0 Å². The molecule has 0 aliphatic heterocycles. The maximum atomic E-state index is 13.0. The Morgan fingerprint density at radius 2 is 1.73 bits per heavy atom. The molecule has 1 amide bonds. The van der Waals surface area contributed by atoms with Crippen LogP contribution in [0, 0.1) is 11.3 Å². The first-order valence-electron chi connectivity index (χ1n) is 8.73. The molecule has 0 unspecified atom stereocenters. The molecule has 0 bridgehead atoms. The van der Waals surface area contributed by atoms with Crippen LogP contribution >= 0.6 is 23.2 Å². The van der Waals surface area contributed by atoms with E-state index in [1.54, 1.807) is 42.5 Å². The van der Waals surface area contributed by atoms with E-state index in [1.165, 1.54) is 17.3 Å². The molecular formula is C21H15Cl2N5O2. The van der Waals surface area contributed by atoms with Gasteiger partial charge in [0, 0.05) is 18.1 Å². The van der Waals surface area contributed by atoms with Crippen molar-refractivity contribution in [2.24, 2.45) is 0 Å². The second-order valence-corrected chi connectivity index (χ2v) is 7.10. The Kier molecular flexibility index (Phi) is 6.62. The maximum Gasteiger partial charge on any atom is 0.235 e. The second kappa shape index (κ2) is 9.35. The van der Waals surface area contributed by atoms with E-state index in [0.717, 1.165) is 0 Å². The van der Waals surface area contributed by atoms with Crippen molar-refractivity contribution in [3.63, 3.8) is 0 Å². The number of ketones is 1. The van der Waals surface area contributed by atoms with E-state index in [2.05, 4.69) is 9.97 Å². The number of nitrogens with two attached hydrogens (primary N) is 1. The molecule has 1 heterocycles. The number of hydrogen-bond donors (Lipinski definition) is 1. The fourth-order valence-electron chi connectivity index (χ4n) is 2.73. The number of nitrogen functional groups attached to an aromatic ring is 1. The van der Waals surface area contributed by atoms with Gasteiger partial charge in [-0.25, -0.2) is 9.97 Å². The van der Waals surface area contributed by atoms with Crippen molar-refractivity contribution >= 4 is 46.3 Å². The van der Waals surface area contributed by atoms with Gasteiger partial charge in [-0.15, -0.1) is 0 Å². The highest BCUT2D eigenvalue weighted by Crippen LogP contribution is 2.30. The zero-order chi connectivity index (χ0) is 21.7. The van der Waals surface area contributed by atoms with Crippen LogP contribution in [0.5, 0.6) is 0 Å². The highest BCUT2D eigenvalue weighted by molar-refractivity contribution is 6.38. The molecule has 1 aromatic heterocycles. The number of amides is 1. The van der Waals surface area contributed by atoms with Crippen molar-refractivity contribution in [2.75, 3.05) is 10.6 Å². The minimum atomic E-state index is -0.518. The lowest BCUT2D eigenvalue weighted by atomic mass is 10.1. The number of aromatic nitrogens is 2. The maximum absolute atomic E-state index is 13.0. The summed E-state index contributed by atoms with van der Waals surface area (Å²) in [5.74, 6) is -1.06. The van der Waals surface area contributed by atoms with E-state index in [0.29, 0.717) is 16.8 Å². The van der Waals surface area contributed by atoms with Gasteiger partial charge in [-0.2, -0.15) is 5.26 Å². The number of halogens is 2. The normalized spacial score (nSPS) is 10.3. The molecule has 30 heavy (non-hydrogen) atoms. The predicted octanol–water partition coefficient (Wildman–Crippen LogP) is 4.04. The molecule has 0 atom stereocenters. The van der Waals surface area contributed by atoms with Crippen LogP contribution in [-0.2, 0) is 11.3 Å². The largest absolute Gasteiger partial charge is 0.396 e. The first-order valence-corrected chi connectivity index (χ1v) is 9.48. The zero-order valence-electron chi connectivity index (χ0n) is 15.5. The van der Waals surface area contributed by atoms with Gasteiger partial charge < -0.3 is 10.6 Å². The summed E-state index contributed by atoms with van der Waals surface area (Å²) in [7, 11) is 0. The molecule has 150 valence electrons. The highest BCUT2D eigenvalue weighted by Gasteiger charge is 2.22. The van der Waals surface area contributed by atoms with E-state index in [9.17, 15) is 14.9 Å². The number of benzene rings is 2. The number of rotatable bonds is 6. The number of carbonyl (C=O) groups is 2. The van der Waals surface area contributed by atoms with Crippen molar-refractivity contribution in [1.82, 2.24) is 9.97 Å². The summed E-state index contributed by atoms with van der Waals surface area (Å²) in [6.07, 6.45) is 2.41. The molecule has 0 aliphatic rings. The first kappa shape index (κ1) is 21.2. The lowest BCUT2D eigenvalue weighted by Gasteiger charge is -2.23. The summed E-state index contributed by atoms with van der Waals surface area (Å²) < 4.78 is 0. The fourth-order valence-corrected chi connectivity index (χ4v) is 3.26. The highest BCUT2D eigenvalue weighted by atomic mass is 35.5. The second-order valence-electron chi connectivity index (χ2n) is 6.29. The van der Waals surface area contributed by atoms with Crippen LogP contribution in [0.2, 0.25) is 10.0 Å². The van der Waals surface area contributed by atoms with Gasteiger partial charge in [0.1, 0.15) is 0 Å². The Morgan fingerprint density at radius 3 is 2.37 bits per heavy atom. The van der Waals surface area contributed by atoms with Gasteiger partial charge in [-0.3, -0.25) is 9.59 Å². The minimum absolute atomic E-state index is 0.0462. The van der Waals surface area contributed by atoms with Crippen LogP contribution in [-0.4, -0.2) is 21.7 Å². The van der Waals surface area contributed by atoms with Crippen molar-refractivity contribution < 1.29 is 9.59 Å². The molecule has 7 nitrogen and oxygen atoms in total. The number of anilines is 2. The van der Waals surface area contributed by atoms with Crippen LogP contribution in [0.4, 0.5) is 11.4 Å². The van der Waals surface area contributed by atoms with E-state index in [-0.39, 0.29) is 28.1 Å². The molecule has 0 fully saturated rings. The summed E-state index contributed by atoms with van der Waals surface area (Å²) in [5.41, 5.74) is 7.45. The molecule has 0 saturated carbocycles. The SMILES string of the molecule is N#Cc1cccc(N(Cc2cc(Cl)c(N)c(Cl)c2)C(=O)CC(=O)c2ncccn2)c1. The Bertz CT molecular complexity index is 1120. The number of nitrogens with zero attached hydrogens (tertiary/aromatic N) is 4. The third-order valence-corrected chi connectivity index (χ3v) is 4.82. The molecule has 0 saturated heterocycles. The van der Waals surface area contributed by atoms with Gasteiger partial charge in [-0.1, -0.05) is 29.3 Å². The van der Waals surface area contributed by atoms with Crippen LogP contribution in [0.25, 0.3) is 0 Å². The third kappa shape index (κ3) is 4.92. The Balaban J connectivity index is 1.94. The number of hydrogen-bond acceptors (Lipinski definition) is 6. The van der Waals surface area contributed by atoms with Gasteiger partial charge >= 0.3 is 0 Å². The monoisotopic (exact) mass is 439 g/mol. The predicted molar refractivity (Wildman–Crippen MR) is 114 cm³/mol. The van der Waals surface area contributed by atoms with Crippen molar-refractivity contribution in [3.05, 3.63) is 81.9 Å². The molecular weight excluding hydrogens is 425 g/mol. The topological polar surface area (TPSA) is 113 Å². The summed E-state index contributed by atoms with van der Waals surface area (Å²) >= 11 is 12.2. The summed E-state index contributed by atoms with van der Waals surface area (Å²) in [6, 6.07) is 13.3. The smallest absolute Gasteiger partial charge is 0.235 e. The molecule has 3 aromatic rings. The average molecular weight is 440 g/mol. The molecule has 3 rings (SSSR count). The quantitative estimate of drug-likeness (QED) is 0.352. The lowest BCUT2D eigenvalue weighted by Crippen LogP contribution is -2.32. The Hall–Kier alpha value is -3.47. The lowest BCUT2D eigenvalue weighted by molar-refractivity contribution is -0.117. The molecule has 0 radical (unpaired) electrons. The molecule has 2 N–H and O–H groups in total. The van der Waals surface area contributed by atoms with E-state index < -0.39 is 18.1 Å². The van der Waals surface area contributed by atoms with Crippen LogP contribution < -0.4 is 10.6 Å². The van der Waals surface area contributed by atoms with E-state index in [1.807, 2.05) is 6.07 Å². The summed E-state index contributed by atoms with van der Waals surface area (Å²) in [5, 5.41) is 9.70. The summed E-state index contributed by atoms with van der Waals surface area (Å²) in [6.45, 7) is 0.0658. The number of nitriles is 1. The third-order valence-electron chi connectivity index (χ3n) is 4.19. The number of carbonyl (C=O) groups excluding carboxylic acids is 2. The van der Waals surface area contributed by atoms with Gasteiger partial charge in [0.25, 0.3) is 0 Å². The van der Waals surface area contributed by atoms with Gasteiger partial charge in [0.05, 0.1) is 40.3 Å². The van der Waals surface area contributed by atoms with E-state index in [4.69, 9.17) is 28.9 Å². The molecule has 0 spiro atoms. The molecule has 9 heteroatoms. The van der Waals surface area contributed by atoms with Crippen molar-refractivity contribution in [3.8, 4) is 6.07 Å². The number of Topliss-reactive ketones (excluding diaryl/α,β-unsaturated/α-hetero) is 1. The Morgan fingerprint density at radius 1 is 1.07 bits per heavy atom. The van der Waals surface area contributed by atoms with Crippen LogP contribution in [0.3, 0.4) is 0 Å². The fraction of sp³-hybridized carbons (Fsp3) is 0.0952. The molecule has 2 aromatic carbocycles. The average Bonchev–Trinajstić information content (AvgIpc) is 2.76. The minimum Gasteiger partial charge on any atom is -0.396 e. The summed E-state index contributed by atoms with van der Waals surface area (Å²) in [4.78, 5) is 34.6. The van der Waals surface area contributed by atoms with Gasteiger partial charge in [-0.05, 0) is 42.0 Å². The van der Waals surface area contributed by atoms with Crippen molar-refractivity contribution in [1.29, 1.82) is 5.26 Å². The molecule has 0 aliphatic carbocycles. The van der Waals surface area contributed by atoms with Gasteiger partial charge in [0.2, 0.25) is 11.7 Å². The van der Waals surface area contributed by atoms with Gasteiger partial charge in [0.15, 0.2) is 5.82 Å². The Labute approximate surface area is 182 Å². The standard InChI is InChI=1S/C21H15Cl2N5O2/c22-16-8-14(9-17(23)20(16)25)12-28(15-4-1-3-13(7-15)11-24)19(30)10-18(29)21-26-5-2-6-27-21/h1-9H,10,12,25H2. The van der Waals surface area contributed by atoms with Crippen LogP contribution in [0.15, 0.2) is 54.9 Å². The first-order chi connectivity index (χ1) is 14.4. The van der Waals surface area contributed by atoms with Crippen LogP contribution in [0.1, 0.15) is 28.2 Å².